The highest BCUT2D eigenvalue weighted by Crippen LogP contribution is 2.42. The maximum absolute atomic E-state index is 6.00. The number of hydrogen-bond donors (Lipinski definition) is 1. The molecular formula is C13H26N2. The first-order valence-corrected chi connectivity index (χ1v) is 6.50. The van der Waals surface area contributed by atoms with Gasteiger partial charge in [0.25, 0.3) is 0 Å². The summed E-state index contributed by atoms with van der Waals surface area (Å²) in [6, 6.07) is 1.20. The smallest absolute Gasteiger partial charge is 0.0146 e. The van der Waals surface area contributed by atoms with Crippen LogP contribution in [0.5, 0.6) is 0 Å². The first-order chi connectivity index (χ1) is 7.00. The molecule has 0 aromatic heterocycles. The maximum Gasteiger partial charge on any atom is 0.0146 e. The quantitative estimate of drug-likeness (QED) is 0.757. The van der Waals surface area contributed by atoms with Crippen molar-refractivity contribution < 1.29 is 0 Å². The number of nitrogens with zero attached hydrogens (tertiary/aromatic N) is 1. The van der Waals surface area contributed by atoms with Gasteiger partial charge in [-0.15, -0.1) is 0 Å². The SMILES string of the molecule is CC(N)C1CCN(C2CCCC2(C)C)C1. The maximum atomic E-state index is 6.00. The summed E-state index contributed by atoms with van der Waals surface area (Å²) in [6.45, 7) is 9.55. The number of likely N-dealkylation sites (tertiary alicyclic amines) is 1. The minimum Gasteiger partial charge on any atom is -0.328 e. The van der Waals surface area contributed by atoms with Crippen molar-refractivity contribution in [2.24, 2.45) is 17.1 Å². The van der Waals surface area contributed by atoms with Crippen molar-refractivity contribution in [3.05, 3.63) is 0 Å². The van der Waals surface area contributed by atoms with Crippen LogP contribution in [-0.4, -0.2) is 30.1 Å². The number of nitrogens with two attached hydrogens (primary N) is 1. The van der Waals surface area contributed by atoms with E-state index < -0.39 is 0 Å². The normalized spacial score (nSPS) is 38.4. The van der Waals surface area contributed by atoms with E-state index in [0.29, 0.717) is 11.5 Å². The third-order valence-electron chi connectivity index (χ3n) is 4.64. The Hall–Kier alpha value is -0.0800. The zero-order chi connectivity index (χ0) is 11.1. The van der Waals surface area contributed by atoms with E-state index in [1.807, 2.05) is 0 Å². The van der Waals surface area contributed by atoms with Crippen LogP contribution in [-0.2, 0) is 0 Å². The molecule has 0 spiro atoms. The topological polar surface area (TPSA) is 29.3 Å². The minimum absolute atomic E-state index is 0.375. The summed E-state index contributed by atoms with van der Waals surface area (Å²) in [6.07, 6.45) is 5.52. The molecule has 0 aromatic rings. The standard InChI is InChI=1S/C13H26N2/c1-10(14)11-6-8-15(9-11)12-5-4-7-13(12,2)3/h10-12H,4-9,14H2,1-3H3. The van der Waals surface area contributed by atoms with Gasteiger partial charge in [0, 0.05) is 18.6 Å². The molecule has 2 rings (SSSR count). The van der Waals surface area contributed by atoms with Gasteiger partial charge in [-0.1, -0.05) is 20.3 Å². The summed E-state index contributed by atoms with van der Waals surface area (Å²) in [5.41, 5.74) is 6.53. The van der Waals surface area contributed by atoms with Crippen molar-refractivity contribution in [3.63, 3.8) is 0 Å². The molecule has 2 heteroatoms. The molecular weight excluding hydrogens is 184 g/mol. The van der Waals surface area contributed by atoms with E-state index in [2.05, 4.69) is 25.7 Å². The predicted molar refractivity (Wildman–Crippen MR) is 64.7 cm³/mol. The third-order valence-corrected chi connectivity index (χ3v) is 4.64. The van der Waals surface area contributed by atoms with Gasteiger partial charge < -0.3 is 5.73 Å². The highest BCUT2D eigenvalue weighted by molar-refractivity contribution is 4.95. The van der Waals surface area contributed by atoms with E-state index in [-0.39, 0.29) is 0 Å². The lowest BCUT2D eigenvalue weighted by atomic mass is 9.86. The Morgan fingerprint density at radius 1 is 1.33 bits per heavy atom. The van der Waals surface area contributed by atoms with E-state index in [4.69, 9.17) is 5.73 Å². The van der Waals surface area contributed by atoms with E-state index in [1.165, 1.54) is 38.8 Å². The number of rotatable bonds is 2. The molecule has 2 aliphatic rings. The molecule has 1 saturated carbocycles. The first-order valence-electron chi connectivity index (χ1n) is 6.50. The summed E-state index contributed by atoms with van der Waals surface area (Å²) in [5, 5.41) is 0. The summed E-state index contributed by atoms with van der Waals surface area (Å²) in [4.78, 5) is 2.71. The molecule has 3 unspecified atom stereocenters. The van der Waals surface area contributed by atoms with Crippen LogP contribution in [0, 0.1) is 11.3 Å². The molecule has 0 radical (unpaired) electrons. The Kier molecular flexibility index (Phi) is 3.09. The highest BCUT2D eigenvalue weighted by atomic mass is 15.2. The molecule has 0 bridgehead atoms. The molecule has 88 valence electrons. The largest absolute Gasteiger partial charge is 0.328 e. The zero-order valence-electron chi connectivity index (χ0n) is 10.5. The van der Waals surface area contributed by atoms with Crippen LogP contribution in [0.3, 0.4) is 0 Å². The van der Waals surface area contributed by atoms with Gasteiger partial charge in [-0.3, -0.25) is 4.90 Å². The fourth-order valence-corrected chi connectivity index (χ4v) is 3.51. The summed E-state index contributed by atoms with van der Waals surface area (Å²) < 4.78 is 0. The van der Waals surface area contributed by atoms with Crippen LogP contribution >= 0.6 is 0 Å². The van der Waals surface area contributed by atoms with Gasteiger partial charge in [0.2, 0.25) is 0 Å². The van der Waals surface area contributed by atoms with E-state index in [9.17, 15) is 0 Å². The van der Waals surface area contributed by atoms with E-state index in [1.54, 1.807) is 0 Å². The van der Waals surface area contributed by atoms with Gasteiger partial charge in [-0.25, -0.2) is 0 Å². The van der Waals surface area contributed by atoms with Crippen LogP contribution < -0.4 is 5.73 Å². The van der Waals surface area contributed by atoms with Gasteiger partial charge >= 0.3 is 0 Å². The predicted octanol–water partition coefficient (Wildman–Crippen LogP) is 2.23. The first kappa shape index (κ1) is 11.4. The minimum atomic E-state index is 0.375. The summed E-state index contributed by atoms with van der Waals surface area (Å²) in [5.74, 6) is 0.737. The molecule has 15 heavy (non-hydrogen) atoms. The molecule has 2 N–H and O–H groups in total. The van der Waals surface area contributed by atoms with E-state index in [0.717, 1.165) is 12.0 Å². The lowest BCUT2D eigenvalue weighted by Crippen LogP contribution is -2.41. The average Bonchev–Trinajstić information content (AvgIpc) is 2.69. The van der Waals surface area contributed by atoms with E-state index >= 15 is 0 Å². The van der Waals surface area contributed by atoms with Crippen LogP contribution in [0.1, 0.15) is 46.5 Å². The lowest BCUT2D eigenvalue weighted by molar-refractivity contribution is 0.134. The molecule has 0 aromatic carbocycles. The number of hydrogen-bond acceptors (Lipinski definition) is 2. The average molecular weight is 210 g/mol. The molecule has 0 amide bonds. The zero-order valence-corrected chi connectivity index (χ0v) is 10.5. The monoisotopic (exact) mass is 210 g/mol. The van der Waals surface area contributed by atoms with Gasteiger partial charge in [0.1, 0.15) is 0 Å². The van der Waals surface area contributed by atoms with Crippen molar-refractivity contribution in [2.45, 2.75) is 58.5 Å². The van der Waals surface area contributed by atoms with Crippen molar-refractivity contribution in [2.75, 3.05) is 13.1 Å². The molecule has 1 heterocycles. The molecule has 2 nitrogen and oxygen atoms in total. The molecule has 1 saturated heterocycles. The third kappa shape index (κ3) is 2.21. The Bertz CT molecular complexity index is 223. The Balaban J connectivity index is 1.96. The van der Waals surface area contributed by atoms with Crippen LogP contribution in [0.2, 0.25) is 0 Å². The van der Waals surface area contributed by atoms with Gasteiger partial charge in [0.05, 0.1) is 0 Å². The summed E-state index contributed by atoms with van der Waals surface area (Å²) in [7, 11) is 0. The fraction of sp³-hybridized carbons (Fsp3) is 1.00. The van der Waals surface area contributed by atoms with Crippen LogP contribution in [0.25, 0.3) is 0 Å². The Morgan fingerprint density at radius 2 is 2.07 bits per heavy atom. The molecule has 1 aliphatic heterocycles. The van der Waals surface area contributed by atoms with Crippen molar-refractivity contribution in [1.82, 2.24) is 4.90 Å². The highest BCUT2D eigenvalue weighted by Gasteiger charge is 2.41. The summed E-state index contributed by atoms with van der Waals surface area (Å²) >= 11 is 0. The van der Waals surface area contributed by atoms with Gasteiger partial charge in [0.15, 0.2) is 0 Å². The van der Waals surface area contributed by atoms with Crippen LogP contribution in [0.4, 0.5) is 0 Å². The van der Waals surface area contributed by atoms with Crippen LogP contribution in [0.15, 0.2) is 0 Å². The fourth-order valence-electron chi connectivity index (χ4n) is 3.51. The lowest BCUT2D eigenvalue weighted by Gasteiger charge is -2.35. The van der Waals surface area contributed by atoms with Crippen molar-refractivity contribution in [3.8, 4) is 0 Å². The van der Waals surface area contributed by atoms with Gasteiger partial charge in [-0.05, 0) is 44.1 Å². The molecule has 3 atom stereocenters. The second-order valence-electron chi connectivity index (χ2n) is 6.30. The molecule has 1 aliphatic carbocycles. The van der Waals surface area contributed by atoms with Crippen molar-refractivity contribution in [1.29, 1.82) is 0 Å². The molecule has 2 fully saturated rings. The Labute approximate surface area is 94.2 Å². The second-order valence-corrected chi connectivity index (χ2v) is 6.30. The second kappa shape index (κ2) is 4.06. The Morgan fingerprint density at radius 3 is 2.53 bits per heavy atom. The van der Waals surface area contributed by atoms with Crippen molar-refractivity contribution >= 4 is 0 Å². The van der Waals surface area contributed by atoms with Gasteiger partial charge in [-0.2, -0.15) is 0 Å².